The molecule has 0 saturated heterocycles. The van der Waals surface area contributed by atoms with E-state index in [9.17, 15) is 4.79 Å². The maximum Gasteiger partial charge on any atom is 0.315 e. The Morgan fingerprint density at radius 2 is 1.61 bits per heavy atom. The largest absolute Gasteiger partial charge is 0.370 e. The van der Waals surface area contributed by atoms with Crippen LogP contribution in [0.2, 0.25) is 0 Å². The van der Waals surface area contributed by atoms with Crippen molar-refractivity contribution < 1.29 is 4.79 Å². The number of aromatic nitrogens is 1. The number of hydrogen-bond donors (Lipinski definition) is 2. The zero-order valence-electron chi connectivity index (χ0n) is 16.2. The summed E-state index contributed by atoms with van der Waals surface area (Å²) in [6, 6.07) is 25.3. The molecule has 1 aromatic heterocycles. The van der Waals surface area contributed by atoms with Gasteiger partial charge in [-0.3, -0.25) is 4.98 Å². The number of nitrogens with zero attached hydrogens (tertiary/aromatic N) is 2. The lowest BCUT2D eigenvalue weighted by Gasteiger charge is -2.27. The van der Waals surface area contributed by atoms with E-state index >= 15 is 0 Å². The molecule has 1 heterocycles. The zero-order chi connectivity index (χ0) is 19.8. The quantitative estimate of drug-likeness (QED) is 0.657. The molecule has 28 heavy (non-hydrogen) atoms. The Bertz CT molecular complexity index is 816. The topological polar surface area (TPSA) is 57.3 Å². The Labute approximate surface area is 166 Å². The third-order valence-electron chi connectivity index (χ3n) is 4.77. The maximum absolute atomic E-state index is 12.6. The highest BCUT2D eigenvalue weighted by Gasteiger charge is 2.18. The van der Waals surface area contributed by atoms with E-state index in [0.717, 1.165) is 16.9 Å². The van der Waals surface area contributed by atoms with E-state index < -0.39 is 0 Å². The maximum atomic E-state index is 12.6. The minimum atomic E-state index is -0.301. The van der Waals surface area contributed by atoms with Crippen molar-refractivity contribution in [2.45, 2.75) is 19.0 Å². The van der Waals surface area contributed by atoms with Crippen molar-refractivity contribution in [2.24, 2.45) is 0 Å². The van der Waals surface area contributed by atoms with Crippen LogP contribution in [0.4, 0.5) is 10.5 Å². The lowest BCUT2D eigenvalue weighted by Crippen LogP contribution is -2.45. The highest BCUT2D eigenvalue weighted by Crippen LogP contribution is 2.19. The van der Waals surface area contributed by atoms with Crippen molar-refractivity contribution in [3.8, 4) is 0 Å². The number of pyridine rings is 1. The van der Waals surface area contributed by atoms with Crippen LogP contribution in [0.1, 0.15) is 24.2 Å². The van der Waals surface area contributed by atoms with Gasteiger partial charge in [-0.15, -0.1) is 0 Å². The van der Waals surface area contributed by atoms with Crippen molar-refractivity contribution >= 4 is 11.7 Å². The van der Waals surface area contributed by atoms with Crippen LogP contribution in [0.15, 0.2) is 85.1 Å². The number of amides is 2. The van der Waals surface area contributed by atoms with Gasteiger partial charge in [0, 0.05) is 31.5 Å². The molecule has 2 amide bonds. The molecule has 0 fully saturated rings. The molecule has 0 bridgehead atoms. The molecule has 5 nitrogen and oxygen atoms in total. The van der Waals surface area contributed by atoms with Gasteiger partial charge in [-0.05, 0) is 36.8 Å². The average molecular weight is 374 g/mol. The van der Waals surface area contributed by atoms with Gasteiger partial charge in [0.1, 0.15) is 0 Å². The SMILES string of the molecule is CC(CNC(=O)NC(c1ccccc1)c1ccccn1)N(C)c1ccccc1. The smallest absolute Gasteiger partial charge is 0.315 e. The molecule has 0 radical (unpaired) electrons. The molecule has 0 aliphatic rings. The van der Waals surface area contributed by atoms with Crippen molar-refractivity contribution in [3.05, 3.63) is 96.3 Å². The van der Waals surface area contributed by atoms with Crippen LogP contribution in [0.3, 0.4) is 0 Å². The summed E-state index contributed by atoms with van der Waals surface area (Å²) in [5.74, 6) is 0. The number of hydrogen-bond acceptors (Lipinski definition) is 3. The second kappa shape index (κ2) is 9.55. The molecule has 0 saturated carbocycles. The molecule has 2 aromatic carbocycles. The summed E-state index contributed by atoms with van der Waals surface area (Å²) in [4.78, 5) is 19.2. The van der Waals surface area contributed by atoms with Crippen LogP contribution in [-0.4, -0.2) is 30.6 Å². The second-order valence-corrected chi connectivity index (χ2v) is 6.75. The molecule has 5 heteroatoms. The first-order chi connectivity index (χ1) is 13.6. The van der Waals surface area contributed by atoms with E-state index in [4.69, 9.17) is 0 Å². The summed E-state index contributed by atoms with van der Waals surface area (Å²) in [6.45, 7) is 2.61. The van der Waals surface area contributed by atoms with Crippen LogP contribution < -0.4 is 15.5 Å². The molecule has 0 aliphatic heterocycles. The summed E-state index contributed by atoms with van der Waals surface area (Å²) < 4.78 is 0. The fourth-order valence-electron chi connectivity index (χ4n) is 3.00. The van der Waals surface area contributed by atoms with E-state index in [1.165, 1.54) is 0 Å². The van der Waals surface area contributed by atoms with Gasteiger partial charge in [0.15, 0.2) is 0 Å². The lowest BCUT2D eigenvalue weighted by molar-refractivity contribution is 0.238. The molecule has 2 N–H and O–H groups in total. The predicted octanol–water partition coefficient (Wildman–Crippen LogP) is 4.00. The fourth-order valence-corrected chi connectivity index (χ4v) is 3.00. The predicted molar refractivity (Wildman–Crippen MR) is 113 cm³/mol. The second-order valence-electron chi connectivity index (χ2n) is 6.75. The third kappa shape index (κ3) is 5.10. The normalized spacial score (nSPS) is 12.6. The van der Waals surface area contributed by atoms with E-state index in [0.29, 0.717) is 6.54 Å². The van der Waals surface area contributed by atoms with Gasteiger partial charge >= 0.3 is 6.03 Å². The minimum absolute atomic E-state index is 0.151. The van der Waals surface area contributed by atoms with E-state index in [2.05, 4.69) is 39.6 Å². The summed E-state index contributed by atoms with van der Waals surface area (Å²) >= 11 is 0. The van der Waals surface area contributed by atoms with Crippen LogP contribution in [-0.2, 0) is 0 Å². The Morgan fingerprint density at radius 3 is 2.25 bits per heavy atom. The Morgan fingerprint density at radius 1 is 0.964 bits per heavy atom. The van der Waals surface area contributed by atoms with Gasteiger partial charge in [-0.2, -0.15) is 0 Å². The van der Waals surface area contributed by atoms with Gasteiger partial charge in [-0.1, -0.05) is 54.6 Å². The number of rotatable bonds is 7. The number of carbonyl (C=O) groups excluding carboxylic acids is 1. The third-order valence-corrected chi connectivity index (χ3v) is 4.77. The van der Waals surface area contributed by atoms with Gasteiger partial charge in [-0.25, -0.2) is 4.79 Å². The lowest BCUT2D eigenvalue weighted by atomic mass is 10.0. The number of nitrogens with one attached hydrogen (secondary N) is 2. The highest BCUT2D eigenvalue weighted by molar-refractivity contribution is 5.75. The molecule has 2 atom stereocenters. The number of benzene rings is 2. The van der Waals surface area contributed by atoms with Crippen molar-refractivity contribution in [2.75, 3.05) is 18.5 Å². The van der Waals surface area contributed by atoms with Crippen molar-refractivity contribution in [1.29, 1.82) is 0 Å². The molecular formula is C23H26N4O. The van der Waals surface area contributed by atoms with Crippen molar-refractivity contribution in [3.63, 3.8) is 0 Å². The van der Waals surface area contributed by atoms with Crippen LogP contribution in [0, 0.1) is 0 Å². The van der Waals surface area contributed by atoms with Gasteiger partial charge in [0.2, 0.25) is 0 Å². The number of para-hydroxylation sites is 1. The monoisotopic (exact) mass is 374 g/mol. The summed E-state index contributed by atoms with van der Waals surface area (Å²) in [7, 11) is 2.03. The van der Waals surface area contributed by atoms with E-state index in [-0.39, 0.29) is 18.1 Å². The molecule has 3 aromatic rings. The Kier molecular flexibility index (Phi) is 6.63. The first kappa shape index (κ1) is 19.4. The van der Waals surface area contributed by atoms with E-state index in [1.54, 1.807) is 6.20 Å². The summed E-state index contributed by atoms with van der Waals surface area (Å²) in [6.07, 6.45) is 1.74. The molecule has 0 spiro atoms. The van der Waals surface area contributed by atoms with Crippen LogP contribution in [0.5, 0.6) is 0 Å². The van der Waals surface area contributed by atoms with Crippen molar-refractivity contribution in [1.82, 2.24) is 15.6 Å². The average Bonchev–Trinajstić information content (AvgIpc) is 2.77. The number of likely N-dealkylation sites (N-methyl/N-ethyl adjacent to an activating group) is 1. The zero-order valence-corrected chi connectivity index (χ0v) is 16.2. The van der Waals surface area contributed by atoms with Crippen LogP contribution in [0.25, 0.3) is 0 Å². The first-order valence-corrected chi connectivity index (χ1v) is 9.43. The first-order valence-electron chi connectivity index (χ1n) is 9.43. The fraction of sp³-hybridized carbons (Fsp3) is 0.217. The molecular weight excluding hydrogens is 348 g/mol. The highest BCUT2D eigenvalue weighted by atomic mass is 16.2. The van der Waals surface area contributed by atoms with Gasteiger partial charge in [0.25, 0.3) is 0 Å². The standard InChI is InChI=1S/C23H26N4O/c1-18(27(2)20-13-7-4-8-14-20)17-25-23(28)26-22(19-11-5-3-6-12-19)21-15-9-10-16-24-21/h3-16,18,22H,17H2,1-2H3,(H2,25,26,28). The van der Waals surface area contributed by atoms with Gasteiger partial charge < -0.3 is 15.5 Å². The minimum Gasteiger partial charge on any atom is -0.370 e. The van der Waals surface area contributed by atoms with E-state index in [1.807, 2.05) is 73.8 Å². The Balaban J connectivity index is 1.63. The molecule has 144 valence electrons. The number of anilines is 1. The molecule has 2 unspecified atom stereocenters. The van der Waals surface area contributed by atoms with Crippen LogP contribution >= 0.6 is 0 Å². The summed E-state index contributed by atoms with van der Waals surface area (Å²) in [5.41, 5.74) is 2.91. The Hall–Kier alpha value is -3.34. The number of carbonyl (C=O) groups is 1. The number of urea groups is 1. The molecule has 3 rings (SSSR count). The van der Waals surface area contributed by atoms with Gasteiger partial charge in [0.05, 0.1) is 11.7 Å². The summed E-state index contributed by atoms with van der Waals surface area (Å²) in [5, 5.41) is 6.04. The molecule has 0 aliphatic carbocycles.